The lowest BCUT2D eigenvalue weighted by Crippen LogP contribution is -2.40. The summed E-state index contributed by atoms with van der Waals surface area (Å²) in [5, 5.41) is 4.51. The summed E-state index contributed by atoms with van der Waals surface area (Å²) in [5.41, 5.74) is 1.45. The van der Waals surface area contributed by atoms with Gasteiger partial charge in [0.2, 0.25) is 0 Å². The summed E-state index contributed by atoms with van der Waals surface area (Å²) in [5.74, 6) is -0.230. The third-order valence-electron chi connectivity index (χ3n) is 3.56. The number of amides is 1. The lowest BCUT2D eigenvalue weighted by atomic mass is 9.97. The van der Waals surface area contributed by atoms with Gasteiger partial charge in [-0.1, -0.05) is 41.7 Å². The fraction of sp³-hybridized carbons (Fsp3) is 0.333. The van der Waals surface area contributed by atoms with Crippen molar-refractivity contribution in [1.82, 2.24) is 10.3 Å². The molecule has 2 heterocycles. The van der Waals surface area contributed by atoms with E-state index in [0.29, 0.717) is 12.3 Å². The van der Waals surface area contributed by atoms with Gasteiger partial charge >= 0.3 is 4.87 Å². The molecule has 1 aromatic carbocycles. The number of aromatic amines is 1. The number of aromatic nitrogens is 1. The number of H-pyrrole nitrogens is 1. The maximum atomic E-state index is 12.1. The van der Waals surface area contributed by atoms with E-state index in [9.17, 15) is 9.59 Å². The molecule has 21 heavy (non-hydrogen) atoms. The second kappa shape index (κ2) is 6.24. The number of carbonyl (C=O) groups excluding carboxylic acids is 1. The minimum Gasteiger partial charge on any atom is -0.373 e. The number of nitrogens with one attached hydrogen (secondary N) is 2. The van der Waals surface area contributed by atoms with Gasteiger partial charge in [-0.25, -0.2) is 0 Å². The number of benzene rings is 1. The average molecular weight is 304 g/mol. The van der Waals surface area contributed by atoms with Crippen LogP contribution in [0, 0.1) is 0 Å². The monoisotopic (exact) mass is 304 g/mol. The minimum atomic E-state index is -0.230. The van der Waals surface area contributed by atoms with E-state index >= 15 is 0 Å². The molecule has 3 rings (SSSR count). The molecule has 1 aliphatic heterocycles. The summed E-state index contributed by atoms with van der Waals surface area (Å²) in [4.78, 5) is 25.5. The van der Waals surface area contributed by atoms with Crippen LogP contribution in [0.5, 0.6) is 0 Å². The summed E-state index contributed by atoms with van der Waals surface area (Å²) >= 11 is 0.996. The van der Waals surface area contributed by atoms with Crippen LogP contribution in [0.3, 0.4) is 0 Å². The zero-order chi connectivity index (χ0) is 14.7. The summed E-state index contributed by atoms with van der Waals surface area (Å²) < 4.78 is 5.78. The van der Waals surface area contributed by atoms with Gasteiger partial charge in [0, 0.05) is 18.0 Å². The predicted molar refractivity (Wildman–Crippen MR) is 80.6 cm³/mol. The Bertz CT molecular complexity index is 665. The van der Waals surface area contributed by atoms with Crippen molar-refractivity contribution in [2.75, 3.05) is 6.61 Å². The Hall–Kier alpha value is -1.92. The molecular formula is C15H16N2O3S. The molecule has 0 spiro atoms. The van der Waals surface area contributed by atoms with Crippen LogP contribution >= 0.6 is 11.3 Å². The highest BCUT2D eigenvalue weighted by Gasteiger charge is 2.25. The Balaban J connectivity index is 1.64. The predicted octanol–water partition coefficient (Wildman–Crippen LogP) is 2.09. The van der Waals surface area contributed by atoms with E-state index < -0.39 is 0 Å². The van der Waals surface area contributed by atoms with E-state index in [2.05, 4.69) is 10.3 Å². The molecule has 1 amide bonds. The fourth-order valence-corrected chi connectivity index (χ4v) is 3.04. The number of ether oxygens (including phenoxy) is 1. The number of carbonyl (C=O) groups is 1. The molecule has 5 nitrogen and oxygen atoms in total. The molecule has 1 aromatic heterocycles. The SMILES string of the molecule is O=C(NC1CCOC(c2ccccc2)C1)c1csc(=O)[nH]1. The highest BCUT2D eigenvalue weighted by molar-refractivity contribution is 7.07. The third kappa shape index (κ3) is 3.40. The summed E-state index contributed by atoms with van der Waals surface area (Å²) in [7, 11) is 0. The van der Waals surface area contributed by atoms with Crippen molar-refractivity contribution < 1.29 is 9.53 Å². The average Bonchev–Trinajstić information content (AvgIpc) is 2.95. The topological polar surface area (TPSA) is 71.2 Å². The maximum Gasteiger partial charge on any atom is 0.305 e. The van der Waals surface area contributed by atoms with Crippen LogP contribution in [-0.4, -0.2) is 23.5 Å². The zero-order valence-electron chi connectivity index (χ0n) is 11.4. The van der Waals surface area contributed by atoms with Crippen molar-refractivity contribution in [3.8, 4) is 0 Å². The number of thiazole rings is 1. The van der Waals surface area contributed by atoms with Gasteiger partial charge in [0.15, 0.2) is 0 Å². The first-order valence-corrected chi connectivity index (χ1v) is 7.75. The van der Waals surface area contributed by atoms with E-state index in [1.807, 2.05) is 30.3 Å². The van der Waals surface area contributed by atoms with Crippen molar-refractivity contribution in [3.05, 3.63) is 56.6 Å². The molecule has 1 saturated heterocycles. The summed E-state index contributed by atoms with van der Waals surface area (Å²) in [6.45, 7) is 0.616. The largest absolute Gasteiger partial charge is 0.373 e. The second-order valence-corrected chi connectivity index (χ2v) is 5.87. The minimum absolute atomic E-state index is 0.00627. The van der Waals surface area contributed by atoms with Gasteiger partial charge in [0.05, 0.1) is 6.10 Å². The molecule has 2 unspecified atom stereocenters. The highest BCUT2D eigenvalue weighted by atomic mass is 32.1. The molecule has 2 atom stereocenters. The van der Waals surface area contributed by atoms with E-state index in [1.165, 1.54) is 0 Å². The first-order chi connectivity index (χ1) is 10.2. The maximum absolute atomic E-state index is 12.1. The Morgan fingerprint density at radius 2 is 2.14 bits per heavy atom. The number of hydrogen-bond donors (Lipinski definition) is 2. The molecule has 2 aromatic rings. The van der Waals surface area contributed by atoms with Crippen LogP contribution in [0.15, 0.2) is 40.5 Å². The van der Waals surface area contributed by atoms with Gasteiger partial charge in [0.25, 0.3) is 5.91 Å². The first-order valence-electron chi connectivity index (χ1n) is 6.87. The Morgan fingerprint density at radius 1 is 1.33 bits per heavy atom. The van der Waals surface area contributed by atoms with Gasteiger partial charge in [-0.15, -0.1) is 0 Å². The highest BCUT2D eigenvalue weighted by Crippen LogP contribution is 2.27. The quantitative estimate of drug-likeness (QED) is 0.912. The molecule has 0 aliphatic carbocycles. The zero-order valence-corrected chi connectivity index (χ0v) is 12.2. The number of hydrogen-bond acceptors (Lipinski definition) is 4. The van der Waals surface area contributed by atoms with Gasteiger partial charge in [0.1, 0.15) is 5.69 Å². The lowest BCUT2D eigenvalue weighted by Gasteiger charge is -2.30. The van der Waals surface area contributed by atoms with Crippen LogP contribution in [0.4, 0.5) is 0 Å². The van der Waals surface area contributed by atoms with Crippen LogP contribution in [-0.2, 0) is 4.74 Å². The van der Waals surface area contributed by atoms with Gasteiger partial charge in [-0.3, -0.25) is 9.59 Å². The van der Waals surface area contributed by atoms with Gasteiger partial charge in [-0.2, -0.15) is 0 Å². The van der Waals surface area contributed by atoms with E-state index in [1.54, 1.807) is 5.38 Å². The Kier molecular flexibility index (Phi) is 4.17. The van der Waals surface area contributed by atoms with E-state index in [4.69, 9.17) is 4.74 Å². The molecule has 1 fully saturated rings. The van der Waals surface area contributed by atoms with Crippen LogP contribution in [0.2, 0.25) is 0 Å². The lowest BCUT2D eigenvalue weighted by molar-refractivity contribution is 0.000872. The molecule has 110 valence electrons. The van der Waals surface area contributed by atoms with Crippen molar-refractivity contribution in [2.24, 2.45) is 0 Å². The van der Waals surface area contributed by atoms with Crippen LogP contribution in [0.25, 0.3) is 0 Å². The second-order valence-electron chi connectivity index (χ2n) is 5.03. The smallest absolute Gasteiger partial charge is 0.305 e. The van der Waals surface area contributed by atoms with Gasteiger partial charge < -0.3 is 15.0 Å². The molecular weight excluding hydrogens is 288 g/mol. The molecule has 6 heteroatoms. The van der Waals surface area contributed by atoms with Crippen molar-refractivity contribution in [2.45, 2.75) is 25.0 Å². The van der Waals surface area contributed by atoms with Crippen LogP contribution < -0.4 is 10.2 Å². The molecule has 1 aliphatic rings. The summed E-state index contributed by atoms with van der Waals surface area (Å²) in [6, 6.07) is 10.1. The number of rotatable bonds is 3. The first kappa shape index (κ1) is 14.0. The van der Waals surface area contributed by atoms with Crippen molar-refractivity contribution >= 4 is 17.2 Å². The fourth-order valence-electron chi connectivity index (χ4n) is 2.48. The Labute approximate surface area is 126 Å². The van der Waals surface area contributed by atoms with E-state index in [-0.39, 0.29) is 22.9 Å². The van der Waals surface area contributed by atoms with E-state index in [0.717, 1.165) is 29.7 Å². The normalized spacial score (nSPS) is 21.9. The van der Waals surface area contributed by atoms with Crippen molar-refractivity contribution in [3.63, 3.8) is 0 Å². The van der Waals surface area contributed by atoms with Crippen molar-refractivity contribution in [1.29, 1.82) is 0 Å². The third-order valence-corrected chi connectivity index (χ3v) is 4.23. The molecule has 0 bridgehead atoms. The molecule has 0 radical (unpaired) electrons. The van der Waals surface area contributed by atoms with Crippen LogP contribution in [0.1, 0.15) is 35.0 Å². The summed E-state index contributed by atoms with van der Waals surface area (Å²) in [6.07, 6.45) is 1.53. The standard InChI is InChI=1S/C15H16N2O3S/c18-14(12-9-21-15(19)17-12)16-11-6-7-20-13(8-11)10-4-2-1-3-5-10/h1-5,9,11,13H,6-8H2,(H,16,18)(H,17,19). The Morgan fingerprint density at radius 3 is 2.86 bits per heavy atom. The molecule has 2 N–H and O–H groups in total. The van der Waals surface area contributed by atoms with Gasteiger partial charge in [-0.05, 0) is 18.4 Å². The molecule has 0 saturated carbocycles.